The Morgan fingerprint density at radius 1 is 1.10 bits per heavy atom. The van der Waals surface area contributed by atoms with Gasteiger partial charge in [-0.25, -0.2) is 0 Å². The van der Waals surface area contributed by atoms with Crippen LogP contribution in [0.1, 0.15) is 5.56 Å². The molecule has 2 heterocycles. The molecule has 1 aromatic rings. The number of ether oxygens (including phenoxy) is 1. The number of rotatable bonds is 4. The van der Waals surface area contributed by atoms with E-state index in [9.17, 15) is 4.79 Å². The molecule has 0 bridgehead atoms. The molecule has 2 saturated heterocycles. The van der Waals surface area contributed by atoms with E-state index >= 15 is 0 Å². The molecule has 2 aliphatic rings. The second-order valence-electron chi connectivity index (χ2n) is 5.80. The molecular weight excluding hydrogens is 266 g/mol. The zero-order valence-electron chi connectivity index (χ0n) is 12.3. The molecule has 1 N–H and O–H groups in total. The zero-order valence-corrected chi connectivity index (χ0v) is 12.3. The molecule has 21 heavy (non-hydrogen) atoms. The molecule has 0 radical (unpaired) electrons. The summed E-state index contributed by atoms with van der Waals surface area (Å²) >= 11 is 0. The van der Waals surface area contributed by atoms with Crippen LogP contribution >= 0.6 is 0 Å². The predicted molar refractivity (Wildman–Crippen MR) is 80.9 cm³/mol. The first-order chi connectivity index (χ1) is 10.3. The molecule has 5 heteroatoms. The third kappa shape index (κ3) is 4.27. The Kier molecular flexibility index (Phi) is 4.85. The van der Waals surface area contributed by atoms with Crippen molar-refractivity contribution < 1.29 is 9.53 Å². The average molecular weight is 289 g/mol. The van der Waals surface area contributed by atoms with Gasteiger partial charge in [-0.2, -0.15) is 0 Å². The van der Waals surface area contributed by atoms with Gasteiger partial charge in [0.1, 0.15) is 6.61 Å². The molecule has 5 nitrogen and oxygen atoms in total. The van der Waals surface area contributed by atoms with Crippen molar-refractivity contribution in [3.63, 3.8) is 0 Å². The van der Waals surface area contributed by atoms with Crippen molar-refractivity contribution in [3.8, 4) is 0 Å². The lowest BCUT2D eigenvalue weighted by Gasteiger charge is -2.37. The van der Waals surface area contributed by atoms with Gasteiger partial charge in [0.15, 0.2) is 0 Å². The first kappa shape index (κ1) is 14.5. The minimum atomic E-state index is -0.000990. The van der Waals surface area contributed by atoms with E-state index in [1.54, 1.807) is 0 Å². The lowest BCUT2D eigenvalue weighted by Crippen LogP contribution is -2.52. The molecule has 2 fully saturated rings. The van der Waals surface area contributed by atoms with Gasteiger partial charge in [-0.05, 0) is 5.56 Å². The van der Waals surface area contributed by atoms with Crippen LogP contribution in [0.15, 0.2) is 30.3 Å². The summed E-state index contributed by atoms with van der Waals surface area (Å²) in [5.41, 5.74) is 1.38. The number of benzene rings is 1. The van der Waals surface area contributed by atoms with Crippen LogP contribution in [-0.4, -0.2) is 67.7 Å². The smallest absolute Gasteiger partial charge is 0.246 e. The van der Waals surface area contributed by atoms with Crippen molar-refractivity contribution in [1.82, 2.24) is 15.1 Å². The van der Waals surface area contributed by atoms with E-state index in [1.807, 2.05) is 0 Å². The summed E-state index contributed by atoms with van der Waals surface area (Å²) in [7, 11) is 0. The molecule has 1 aromatic carbocycles. The number of amides is 1. The van der Waals surface area contributed by atoms with Gasteiger partial charge >= 0.3 is 0 Å². The summed E-state index contributed by atoms with van der Waals surface area (Å²) in [4.78, 5) is 16.0. The van der Waals surface area contributed by atoms with E-state index in [0.717, 1.165) is 39.3 Å². The molecule has 114 valence electrons. The predicted octanol–water partition coefficient (Wildman–Crippen LogP) is 0.319. The van der Waals surface area contributed by atoms with Crippen LogP contribution in [0.2, 0.25) is 0 Å². The Morgan fingerprint density at radius 2 is 1.81 bits per heavy atom. The lowest BCUT2D eigenvalue weighted by atomic mass is 10.2. The number of hydrogen-bond donors (Lipinski definition) is 1. The summed E-state index contributed by atoms with van der Waals surface area (Å²) in [5, 5.41) is 2.86. The van der Waals surface area contributed by atoms with E-state index in [2.05, 4.69) is 45.4 Å². The van der Waals surface area contributed by atoms with Gasteiger partial charge in [-0.1, -0.05) is 30.3 Å². The lowest BCUT2D eigenvalue weighted by molar-refractivity contribution is -0.134. The Bertz CT molecular complexity index is 448. The maximum Gasteiger partial charge on any atom is 0.246 e. The Hall–Kier alpha value is -1.43. The highest BCUT2D eigenvalue weighted by Gasteiger charge is 2.23. The van der Waals surface area contributed by atoms with Crippen LogP contribution in [-0.2, 0) is 16.1 Å². The third-order valence-electron chi connectivity index (χ3n) is 4.15. The van der Waals surface area contributed by atoms with E-state index in [0.29, 0.717) is 6.54 Å². The van der Waals surface area contributed by atoms with Crippen LogP contribution in [0.3, 0.4) is 0 Å². The summed E-state index contributed by atoms with van der Waals surface area (Å²) in [6.45, 7) is 7.12. The van der Waals surface area contributed by atoms with Crippen molar-refractivity contribution in [3.05, 3.63) is 35.9 Å². The summed E-state index contributed by atoms with van der Waals surface area (Å²) in [6, 6.07) is 10.6. The van der Waals surface area contributed by atoms with Gasteiger partial charge in [-0.3, -0.25) is 14.6 Å². The Labute approximate surface area is 125 Å². The maximum absolute atomic E-state index is 11.1. The van der Waals surface area contributed by atoms with Gasteiger partial charge in [0.05, 0.1) is 6.10 Å². The highest BCUT2D eigenvalue weighted by Crippen LogP contribution is 2.09. The average Bonchev–Trinajstić information content (AvgIpc) is 2.53. The third-order valence-corrected chi connectivity index (χ3v) is 4.15. The van der Waals surface area contributed by atoms with Crippen LogP contribution in [0, 0.1) is 0 Å². The number of piperazine rings is 1. The van der Waals surface area contributed by atoms with E-state index in [4.69, 9.17) is 4.74 Å². The van der Waals surface area contributed by atoms with Crippen molar-refractivity contribution in [2.45, 2.75) is 12.6 Å². The number of morpholine rings is 1. The van der Waals surface area contributed by atoms with Crippen LogP contribution < -0.4 is 5.32 Å². The van der Waals surface area contributed by atoms with Crippen LogP contribution in [0.4, 0.5) is 0 Å². The van der Waals surface area contributed by atoms with Crippen molar-refractivity contribution >= 4 is 5.91 Å². The molecule has 3 rings (SSSR count). The zero-order chi connectivity index (χ0) is 14.5. The number of carbonyl (C=O) groups excluding carboxylic acids is 1. The first-order valence-corrected chi connectivity index (χ1v) is 7.66. The molecule has 2 aliphatic heterocycles. The van der Waals surface area contributed by atoms with Gasteiger partial charge < -0.3 is 10.1 Å². The van der Waals surface area contributed by atoms with Gasteiger partial charge in [0, 0.05) is 45.8 Å². The number of nitrogens with one attached hydrogen (secondary N) is 1. The molecular formula is C16H23N3O2. The monoisotopic (exact) mass is 289 g/mol. The van der Waals surface area contributed by atoms with Gasteiger partial charge in [-0.15, -0.1) is 0 Å². The molecule has 0 saturated carbocycles. The molecule has 1 atom stereocenters. The summed E-state index contributed by atoms with van der Waals surface area (Å²) in [6.07, 6.45) is 0.142. The number of carbonyl (C=O) groups is 1. The molecule has 1 unspecified atom stereocenters. The van der Waals surface area contributed by atoms with Crippen molar-refractivity contribution in [2.75, 3.05) is 45.9 Å². The quantitative estimate of drug-likeness (QED) is 0.867. The second kappa shape index (κ2) is 7.02. The van der Waals surface area contributed by atoms with Gasteiger partial charge in [0.25, 0.3) is 0 Å². The van der Waals surface area contributed by atoms with Crippen LogP contribution in [0.5, 0.6) is 0 Å². The first-order valence-electron chi connectivity index (χ1n) is 7.66. The largest absolute Gasteiger partial charge is 0.365 e. The maximum atomic E-state index is 11.1. The van der Waals surface area contributed by atoms with Crippen molar-refractivity contribution in [1.29, 1.82) is 0 Å². The summed E-state index contributed by atoms with van der Waals surface area (Å²) < 4.78 is 5.55. The van der Waals surface area contributed by atoms with Gasteiger partial charge in [0.2, 0.25) is 5.91 Å². The molecule has 0 aromatic heterocycles. The molecule has 0 aliphatic carbocycles. The Morgan fingerprint density at radius 3 is 2.48 bits per heavy atom. The van der Waals surface area contributed by atoms with Crippen molar-refractivity contribution in [2.24, 2.45) is 0 Å². The highest BCUT2D eigenvalue weighted by atomic mass is 16.5. The Balaban J connectivity index is 1.40. The number of nitrogens with zero attached hydrogens (tertiary/aromatic N) is 2. The fourth-order valence-electron chi connectivity index (χ4n) is 2.91. The molecule has 0 spiro atoms. The van der Waals surface area contributed by atoms with E-state index < -0.39 is 0 Å². The van der Waals surface area contributed by atoms with E-state index in [-0.39, 0.29) is 18.6 Å². The highest BCUT2D eigenvalue weighted by molar-refractivity contribution is 5.77. The minimum Gasteiger partial charge on any atom is -0.365 e. The summed E-state index contributed by atoms with van der Waals surface area (Å²) in [5.74, 6) is -0.000990. The fraction of sp³-hybridized carbons (Fsp3) is 0.562. The topological polar surface area (TPSA) is 44.8 Å². The minimum absolute atomic E-state index is 0.000990. The number of hydrogen-bond acceptors (Lipinski definition) is 4. The fourth-order valence-corrected chi connectivity index (χ4v) is 2.91. The second-order valence-corrected chi connectivity index (χ2v) is 5.80. The van der Waals surface area contributed by atoms with Crippen LogP contribution in [0.25, 0.3) is 0 Å². The normalized spacial score (nSPS) is 24.8. The SMILES string of the molecule is O=C1COC(CN2CCN(Cc3ccccc3)CC2)CN1. The van der Waals surface area contributed by atoms with E-state index in [1.165, 1.54) is 5.56 Å². The standard InChI is InChI=1S/C16H23N3O2/c20-16-13-21-15(10-17-16)12-19-8-6-18(7-9-19)11-14-4-2-1-3-5-14/h1-5,15H,6-13H2,(H,17,20). The molecule has 1 amide bonds.